The first-order valence-electron chi connectivity index (χ1n) is 6.50. The molecule has 0 amide bonds. The molecule has 4 nitrogen and oxygen atoms in total. The van der Waals surface area contributed by atoms with E-state index in [1.54, 1.807) is 13.8 Å². The van der Waals surface area contributed by atoms with Crippen molar-refractivity contribution in [3.8, 4) is 0 Å². The lowest BCUT2D eigenvalue weighted by molar-refractivity contribution is -0.0894. The lowest BCUT2D eigenvalue weighted by atomic mass is 9.55. The van der Waals surface area contributed by atoms with Crippen molar-refractivity contribution in [3.63, 3.8) is 0 Å². The molecule has 0 aromatic rings. The molecule has 1 aliphatic heterocycles. The van der Waals surface area contributed by atoms with Crippen molar-refractivity contribution in [1.82, 2.24) is 0 Å². The highest BCUT2D eigenvalue weighted by Gasteiger charge is 2.52. The van der Waals surface area contributed by atoms with Crippen LogP contribution in [0.4, 0.5) is 0 Å². The quantitative estimate of drug-likeness (QED) is 0.774. The molecule has 0 spiro atoms. The van der Waals surface area contributed by atoms with Crippen molar-refractivity contribution in [3.05, 3.63) is 0 Å². The molecule has 0 saturated carbocycles. The predicted molar refractivity (Wildman–Crippen MR) is 74.7 cm³/mol. The van der Waals surface area contributed by atoms with Crippen LogP contribution in [-0.4, -0.2) is 41.9 Å². The van der Waals surface area contributed by atoms with E-state index in [1.807, 2.05) is 41.5 Å². The molecule has 0 aliphatic carbocycles. The van der Waals surface area contributed by atoms with E-state index in [4.69, 9.17) is 14.0 Å². The molecule has 1 aliphatic rings. The van der Waals surface area contributed by atoms with Crippen LogP contribution in [0.25, 0.3) is 0 Å². The molecule has 1 N–H and O–H groups in total. The van der Waals surface area contributed by atoms with Gasteiger partial charge in [0.1, 0.15) is 0 Å². The summed E-state index contributed by atoms with van der Waals surface area (Å²) >= 11 is 0. The Morgan fingerprint density at radius 3 is 1.72 bits per heavy atom. The highest BCUT2D eigenvalue weighted by atomic mass is 16.7. The maximum absolute atomic E-state index is 10.0. The monoisotopic (exact) mass is 256 g/mol. The Morgan fingerprint density at radius 1 is 1.00 bits per heavy atom. The van der Waals surface area contributed by atoms with Gasteiger partial charge < -0.3 is 19.1 Å². The molecule has 1 rings (SSSR count). The van der Waals surface area contributed by atoms with Crippen molar-refractivity contribution in [2.75, 3.05) is 0 Å². The smallest absolute Gasteiger partial charge is 0.434 e. The number of aliphatic hydroxyl groups is 1. The maximum atomic E-state index is 10.0. The fraction of sp³-hybridized carbons (Fsp3) is 1.00. The Morgan fingerprint density at radius 2 is 1.39 bits per heavy atom. The molecule has 1 heterocycles. The molecular weight excluding hydrogens is 230 g/mol. The van der Waals surface area contributed by atoms with Crippen molar-refractivity contribution < 1.29 is 19.1 Å². The molecule has 0 aromatic carbocycles. The van der Waals surface area contributed by atoms with E-state index >= 15 is 0 Å². The average Bonchev–Trinajstić information content (AvgIpc) is 2.30. The first kappa shape index (κ1) is 16.0. The predicted octanol–water partition coefficient (Wildman–Crippen LogP) is 1.49. The standard InChI is InChI=1S/C12H26B2O4/c1-9(2,15)10(3,4)16-13-14-17-11(5,6)12(7,8)18-14/h13,15H,1-8H3. The Kier molecular flexibility index (Phi) is 4.02. The third-order valence-electron chi connectivity index (χ3n) is 4.36. The van der Waals surface area contributed by atoms with Crippen molar-refractivity contribution in [2.24, 2.45) is 0 Å². The second-order valence-electron chi connectivity index (χ2n) is 7.07. The van der Waals surface area contributed by atoms with Crippen molar-refractivity contribution >= 4 is 14.4 Å². The van der Waals surface area contributed by atoms with Gasteiger partial charge in [-0.2, -0.15) is 0 Å². The topological polar surface area (TPSA) is 47.9 Å². The summed E-state index contributed by atoms with van der Waals surface area (Å²) in [6.07, 6.45) is 0. The van der Waals surface area contributed by atoms with Gasteiger partial charge in [-0.15, -0.1) is 0 Å². The van der Waals surface area contributed by atoms with E-state index in [9.17, 15) is 5.11 Å². The number of hydrogen-bond donors (Lipinski definition) is 1. The lowest BCUT2D eigenvalue weighted by Crippen LogP contribution is -2.50. The second kappa shape index (κ2) is 4.51. The number of hydrogen-bond acceptors (Lipinski definition) is 4. The number of rotatable bonds is 4. The van der Waals surface area contributed by atoms with Gasteiger partial charge in [-0.1, -0.05) is 0 Å². The van der Waals surface area contributed by atoms with Gasteiger partial charge in [0.25, 0.3) is 0 Å². The van der Waals surface area contributed by atoms with Crippen LogP contribution < -0.4 is 0 Å². The fourth-order valence-corrected chi connectivity index (χ4v) is 1.49. The van der Waals surface area contributed by atoms with Gasteiger partial charge in [-0.3, -0.25) is 0 Å². The lowest BCUT2D eigenvalue weighted by Gasteiger charge is -2.37. The summed E-state index contributed by atoms with van der Waals surface area (Å²) in [6.45, 7) is 15.2. The van der Waals surface area contributed by atoms with Gasteiger partial charge in [0.2, 0.25) is 0 Å². The van der Waals surface area contributed by atoms with Gasteiger partial charge in [0, 0.05) is 0 Å². The molecule has 0 radical (unpaired) electrons. The summed E-state index contributed by atoms with van der Waals surface area (Å²) in [5.74, 6) is 0. The SMILES string of the molecule is CC(C)(O)C(C)(C)OBB1OC(C)(C)C(C)(C)O1. The normalized spacial score (nSPS) is 23.3. The first-order chi connectivity index (χ1) is 7.79. The van der Waals surface area contributed by atoms with Gasteiger partial charge >= 0.3 is 14.4 Å². The van der Waals surface area contributed by atoms with E-state index in [-0.39, 0.29) is 11.2 Å². The summed E-state index contributed by atoms with van der Waals surface area (Å²) in [4.78, 5) is 0. The van der Waals surface area contributed by atoms with Gasteiger partial charge in [0.15, 0.2) is 0 Å². The molecule has 0 atom stereocenters. The third kappa shape index (κ3) is 3.10. The Labute approximate surface area is 112 Å². The second-order valence-corrected chi connectivity index (χ2v) is 7.07. The van der Waals surface area contributed by atoms with Gasteiger partial charge in [-0.05, 0) is 55.4 Å². The zero-order valence-electron chi connectivity index (χ0n) is 13.0. The van der Waals surface area contributed by atoms with E-state index in [0.717, 1.165) is 0 Å². The zero-order chi connectivity index (χ0) is 14.4. The first-order valence-corrected chi connectivity index (χ1v) is 6.50. The van der Waals surface area contributed by atoms with Crippen LogP contribution in [0.15, 0.2) is 0 Å². The average molecular weight is 256 g/mol. The van der Waals surface area contributed by atoms with E-state index < -0.39 is 18.2 Å². The molecule has 18 heavy (non-hydrogen) atoms. The molecule has 0 aromatic heterocycles. The van der Waals surface area contributed by atoms with E-state index in [0.29, 0.717) is 7.37 Å². The van der Waals surface area contributed by atoms with Crippen molar-refractivity contribution in [2.45, 2.75) is 77.8 Å². The summed E-state index contributed by atoms with van der Waals surface area (Å²) in [5.41, 5.74) is -2.27. The van der Waals surface area contributed by atoms with Gasteiger partial charge in [0.05, 0.1) is 22.4 Å². The maximum Gasteiger partial charge on any atom is 0.441 e. The molecular formula is C12H26B2O4. The van der Waals surface area contributed by atoms with Crippen LogP contribution in [0.1, 0.15) is 55.4 Å². The van der Waals surface area contributed by atoms with Crippen LogP contribution in [0.5, 0.6) is 0 Å². The molecule has 0 bridgehead atoms. The minimum Gasteiger partial charge on any atom is -0.434 e. The molecule has 104 valence electrons. The Bertz CT molecular complexity index is 292. The van der Waals surface area contributed by atoms with Crippen molar-refractivity contribution in [1.29, 1.82) is 0 Å². The molecule has 0 unspecified atom stereocenters. The molecule has 1 saturated heterocycles. The van der Waals surface area contributed by atoms with Crippen LogP contribution in [0, 0.1) is 0 Å². The minimum atomic E-state index is -0.920. The third-order valence-corrected chi connectivity index (χ3v) is 4.36. The highest BCUT2D eigenvalue weighted by molar-refractivity contribution is 7.03. The molecule has 6 heteroatoms. The summed E-state index contributed by atoms with van der Waals surface area (Å²) in [5, 5.41) is 10.0. The van der Waals surface area contributed by atoms with Crippen LogP contribution >= 0.6 is 0 Å². The summed E-state index contributed by atoms with van der Waals surface area (Å²) in [7, 11) is -0.0826. The minimum absolute atomic E-state index is 0.309. The summed E-state index contributed by atoms with van der Waals surface area (Å²) < 4.78 is 17.5. The van der Waals surface area contributed by atoms with Crippen LogP contribution in [0.3, 0.4) is 0 Å². The van der Waals surface area contributed by atoms with E-state index in [2.05, 4.69) is 0 Å². The zero-order valence-corrected chi connectivity index (χ0v) is 13.0. The Balaban J connectivity index is 2.58. The van der Waals surface area contributed by atoms with Crippen LogP contribution in [0.2, 0.25) is 0 Å². The summed E-state index contributed by atoms with van der Waals surface area (Å²) in [6, 6.07) is 0. The largest absolute Gasteiger partial charge is 0.441 e. The molecule has 1 fully saturated rings. The van der Waals surface area contributed by atoms with Crippen LogP contribution in [-0.2, 0) is 14.0 Å². The Hall–Kier alpha value is -0.0301. The van der Waals surface area contributed by atoms with Gasteiger partial charge in [-0.25, -0.2) is 0 Å². The highest BCUT2D eigenvalue weighted by Crippen LogP contribution is 2.36. The van der Waals surface area contributed by atoms with E-state index in [1.165, 1.54) is 0 Å². The fourth-order valence-electron chi connectivity index (χ4n) is 1.49.